The van der Waals surface area contributed by atoms with Crippen LogP contribution in [0.2, 0.25) is 0 Å². The van der Waals surface area contributed by atoms with Gasteiger partial charge >= 0.3 is 11.0 Å². The second-order valence-corrected chi connectivity index (χ2v) is 5.48. The molecule has 2 rings (SSSR count). The van der Waals surface area contributed by atoms with Gasteiger partial charge in [-0.05, 0) is 25.3 Å². The van der Waals surface area contributed by atoms with E-state index in [0.29, 0.717) is 19.3 Å². The van der Waals surface area contributed by atoms with Crippen molar-refractivity contribution in [3.8, 4) is 0 Å². The Morgan fingerprint density at radius 2 is 2.16 bits per heavy atom. The largest absolute Gasteiger partial charge is 0.481 e. The lowest BCUT2D eigenvalue weighted by Gasteiger charge is -2.11. The van der Waals surface area contributed by atoms with Gasteiger partial charge < -0.3 is 10.4 Å². The molecule has 0 aromatic carbocycles. The van der Waals surface area contributed by atoms with Gasteiger partial charge in [0, 0.05) is 12.1 Å². The van der Waals surface area contributed by atoms with Crippen LogP contribution in [0.1, 0.15) is 28.9 Å². The molecule has 0 aliphatic heterocycles. The minimum absolute atomic E-state index is 0.0833. The molecule has 1 saturated carbocycles. The summed E-state index contributed by atoms with van der Waals surface area (Å²) in [6, 6.07) is 2.52. The average molecular weight is 284 g/mol. The van der Waals surface area contributed by atoms with Gasteiger partial charge in [-0.1, -0.05) is 11.3 Å². The van der Waals surface area contributed by atoms with Gasteiger partial charge in [0.15, 0.2) is 0 Å². The topological polar surface area (TPSA) is 110 Å². The van der Waals surface area contributed by atoms with Gasteiger partial charge in [0.2, 0.25) is 0 Å². The Morgan fingerprint density at radius 3 is 2.68 bits per heavy atom. The van der Waals surface area contributed by atoms with Gasteiger partial charge in [-0.15, -0.1) is 0 Å². The van der Waals surface area contributed by atoms with Gasteiger partial charge in [-0.3, -0.25) is 19.7 Å². The maximum absolute atomic E-state index is 11.8. The van der Waals surface area contributed by atoms with Crippen LogP contribution in [0, 0.1) is 16.0 Å². The summed E-state index contributed by atoms with van der Waals surface area (Å²) in [5, 5.41) is 22.0. The second kappa shape index (κ2) is 5.35. The van der Waals surface area contributed by atoms with Crippen LogP contribution >= 0.6 is 11.3 Å². The van der Waals surface area contributed by atoms with E-state index in [1.165, 1.54) is 12.1 Å². The average Bonchev–Trinajstić information content (AvgIpc) is 2.96. The maximum atomic E-state index is 11.8. The first kappa shape index (κ1) is 13.5. The van der Waals surface area contributed by atoms with E-state index in [9.17, 15) is 19.7 Å². The monoisotopic (exact) mass is 284 g/mol. The highest BCUT2D eigenvalue weighted by Crippen LogP contribution is 2.27. The fourth-order valence-corrected chi connectivity index (χ4v) is 2.86. The molecule has 2 N–H and O–H groups in total. The zero-order chi connectivity index (χ0) is 14.0. The fourth-order valence-electron chi connectivity index (χ4n) is 2.14. The van der Waals surface area contributed by atoms with Crippen molar-refractivity contribution in [2.75, 3.05) is 0 Å². The maximum Gasteiger partial charge on any atom is 0.324 e. The van der Waals surface area contributed by atoms with Crippen molar-refractivity contribution >= 4 is 28.2 Å². The van der Waals surface area contributed by atoms with Crippen molar-refractivity contribution < 1.29 is 19.6 Å². The van der Waals surface area contributed by atoms with Gasteiger partial charge in [0.1, 0.15) is 0 Å². The van der Waals surface area contributed by atoms with E-state index in [-0.39, 0.29) is 21.8 Å². The molecule has 0 spiro atoms. The Bertz CT molecular complexity index is 527. The number of nitro groups is 1. The molecule has 1 fully saturated rings. The van der Waals surface area contributed by atoms with Crippen molar-refractivity contribution in [2.45, 2.75) is 25.3 Å². The molecule has 0 saturated heterocycles. The Balaban J connectivity index is 1.94. The Morgan fingerprint density at radius 1 is 1.42 bits per heavy atom. The molecule has 1 aliphatic rings. The number of rotatable bonds is 4. The molecule has 1 aromatic heterocycles. The summed E-state index contributed by atoms with van der Waals surface area (Å²) >= 11 is 0.812. The first-order chi connectivity index (χ1) is 8.97. The quantitative estimate of drug-likeness (QED) is 0.645. The first-order valence-corrected chi connectivity index (χ1v) is 6.57. The fraction of sp³-hybridized carbons (Fsp3) is 0.455. The summed E-state index contributed by atoms with van der Waals surface area (Å²) in [4.78, 5) is 32.9. The number of thiophene rings is 1. The highest BCUT2D eigenvalue weighted by Gasteiger charge is 2.31. The zero-order valence-electron chi connectivity index (χ0n) is 9.87. The number of carboxylic acid groups (broad SMARTS) is 1. The van der Waals surface area contributed by atoms with Crippen LogP contribution in [0.4, 0.5) is 5.00 Å². The lowest BCUT2D eigenvalue weighted by atomic mass is 10.1. The molecule has 8 heteroatoms. The lowest BCUT2D eigenvalue weighted by molar-refractivity contribution is -0.380. The second-order valence-electron chi connectivity index (χ2n) is 4.41. The first-order valence-electron chi connectivity index (χ1n) is 5.75. The zero-order valence-corrected chi connectivity index (χ0v) is 10.7. The Kier molecular flexibility index (Phi) is 3.79. The molecule has 1 aromatic rings. The van der Waals surface area contributed by atoms with E-state index in [2.05, 4.69) is 5.32 Å². The van der Waals surface area contributed by atoms with Gasteiger partial charge in [0.05, 0.1) is 15.7 Å². The number of nitrogens with one attached hydrogen (secondary N) is 1. The number of amides is 1. The molecule has 19 heavy (non-hydrogen) atoms. The van der Waals surface area contributed by atoms with Crippen molar-refractivity contribution in [3.63, 3.8) is 0 Å². The van der Waals surface area contributed by atoms with Crippen molar-refractivity contribution in [1.29, 1.82) is 0 Å². The third kappa shape index (κ3) is 3.08. The van der Waals surface area contributed by atoms with E-state index in [0.717, 1.165) is 11.3 Å². The van der Waals surface area contributed by atoms with Crippen LogP contribution in [0.5, 0.6) is 0 Å². The number of aliphatic carboxylic acids is 1. The van der Waals surface area contributed by atoms with E-state index < -0.39 is 16.8 Å². The molecular weight excluding hydrogens is 272 g/mol. The Hall–Kier alpha value is -1.96. The van der Waals surface area contributed by atoms with Crippen LogP contribution in [-0.2, 0) is 4.79 Å². The van der Waals surface area contributed by atoms with Crippen LogP contribution in [0.25, 0.3) is 0 Å². The summed E-state index contributed by atoms with van der Waals surface area (Å²) < 4.78 is 0. The molecule has 2 atom stereocenters. The molecule has 1 aliphatic carbocycles. The normalized spacial score (nSPS) is 22.1. The molecule has 2 unspecified atom stereocenters. The molecule has 102 valence electrons. The van der Waals surface area contributed by atoms with E-state index in [1.54, 1.807) is 0 Å². The summed E-state index contributed by atoms with van der Waals surface area (Å²) in [7, 11) is 0. The highest BCUT2D eigenvalue weighted by atomic mass is 32.1. The number of hydrogen-bond acceptors (Lipinski definition) is 5. The summed E-state index contributed by atoms with van der Waals surface area (Å²) in [5.74, 6) is -1.64. The van der Waals surface area contributed by atoms with E-state index in [4.69, 9.17) is 5.11 Å². The van der Waals surface area contributed by atoms with Crippen LogP contribution in [-0.4, -0.2) is 27.9 Å². The number of nitrogens with zero attached hydrogens (tertiary/aromatic N) is 1. The van der Waals surface area contributed by atoms with Crippen molar-refractivity contribution in [3.05, 3.63) is 27.1 Å². The smallest absolute Gasteiger partial charge is 0.324 e. The predicted octanol–water partition coefficient (Wildman–Crippen LogP) is 1.64. The predicted molar refractivity (Wildman–Crippen MR) is 67.2 cm³/mol. The summed E-state index contributed by atoms with van der Waals surface area (Å²) in [5.41, 5.74) is 0. The van der Waals surface area contributed by atoms with Crippen molar-refractivity contribution in [1.82, 2.24) is 5.32 Å². The number of hydrogen-bond donors (Lipinski definition) is 2. The lowest BCUT2D eigenvalue weighted by Crippen LogP contribution is -2.32. The number of carbonyl (C=O) groups is 2. The van der Waals surface area contributed by atoms with Gasteiger partial charge in [0.25, 0.3) is 5.91 Å². The van der Waals surface area contributed by atoms with Gasteiger partial charge in [-0.2, -0.15) is 0 Å². The summed E-state index contributed by atoms with van der Waals surface area (Å²) in [6.45, 7) is 0. The molecule has 1 amide bonds. The van der Waals surface area contributed by atoms with Crippen LogP contribution in [0.3, 0.4) is 0 Å². The minimum Gasteiger partial charge on any atom is -0.481 e. The van der Waals surface area contributed by atoms with E-state index in [1.807, 2.05) is 0 Å². The molecular formula is C11H12N2O5S. The third-order valence-electron chi connectivity index (χ3n) is 3.11. The standard InChI is InChI=1S/C11H12N2O5S/c14-10(8-3-4-9(19-8)13(17)18)12-7-2-1-6(5-7)11(15)16/h3-4,6-7H,1-2,5H2,(H,12,14)(H,15,16). The summed E-state index contributed by atoms with van der Waals surface area (Å²) in [6.07, 6.45) is 1.58. The van der Waals surface area contributed by atoms with Crippen LogP contribution < -0.4 is 5.32 Å². The molecule has 0 radical (unpaired) electrons. The van der Waals surface area contributed by atoms with Crippen molar-refractivity contribution in [2.24, 2.45) is 5.92 Å². The third-order valence-corrected chi connectivity index (χ3v) is 4.15. The molecule has 0 bridgehead atoms. The highest BCUT2D eigenvalue weighted by molar-refractivity contribution is 7.17. The molecule has 1 heterocycles. The Labute approximate surface area is 112 Å². The SMILES string of the molecule is O=C(NC1CCC(C(=O)O)C1)c1ccc([N+](=O)[O-])s1. The number of carbonyl (C=O) groups excluding carboxylic acids is 1. The van der Waals surface area contributed by atoms with E-state index >= 15 is 0 Å². The van der Waals surface area contributed by atoms with Gasteiger partial charge in [-0.25, -0.2) is 0 Å². The number of carboxylic acids is 1. The van der Waals surface area contributed by atoms with Crippen LogP contribution in [0.15, 0.2) is 12.1 Å². The molecule has 7 nitrogen and oxygen atoms in total. The minimum atomic E-state index is -0.844.